The monoisotopic (exact) mass is 322 g/mol. The van der Waals surface area contributed by atoms with Crippen LogP contribution in [0.1, 0.15) is 25.5 Å². The van der Waals surface area contributed by atoms with E-state index >= 15 is 0 Å². The van der Waals surface area contributed by atoms with E-state index in [0.29, 0.717) is 23.9 Å². The number of fused-ring (bicyclic) bond motifs is 1. The molecular formula is C16H19ClN2O3. The van der Waals surface area contributed by atoms with Gasteiger partial charge in [-0.3, -0.25) is 4.79 Å². The first-order valence-corrected chi connectivity index (χ1v) is 7.79. The lowest BCUT2D eigenvalue weighted by atomic mass is 10.2. The first-order chi connectivity index (χ1) is 10.6. The molecule has 1 atom stereocenters. The van der Waals surface area contributed by atoms with Crippen LogP contribution in [-0.2, 0) is 16.1 Å². The average molecular weight is 323 g/mol. The van der Waals surface area contributed by atoms with Gasteiger partial charge in [-0.15, -0.1) is 0 Å². The van der Waals surface area contributed by atoms with Gasteiger partial charge in [-0.2, -0.15) is 0 Å². The summed E-state index contributed by atoms with van der Waals surface area (Å²) in [6.07, 6.45) is 2.28. The van der Waals surface area contributed by atoms with Crippen LogP contribution in [0.15, 0.2) is 18.2 Å². The molecule has 0 spiro atoms. The maximum atomic E-state index is 11.0. The molecule has 1 fully saturated rings. The van der Waals surface area contributed by atoms with E-state index in [9.17, 15) is 4.79 Å². The molecule has 5 nitrogen and oxygen atoms in total. The van der Waals surface area contributed by atoms with E-state index in [4.69, 9.17) is 21.1 Å². The number of H-pyrrole nitrogens is 1. The number of ether oxygens (including phenoxy) is 2. The third-order valence-electron chi connectivity index (χ3n) is 3.71. The molecule has 22 heavy (non-hydrogen) atoms. The van der Waals surface area contributed by atoms with E-state index in [1.54, 1.807) is 0 Å². The smallest absolute Gasteiger partial charge is 0.217 e. The van der Waals surface area contributed by atoms with Crippen molar-refractivity contribution in [2.45, 2.75) is 32.4 Å². The summed E-state index contributed by atoms with van der Waals surface area (Å²) in [5.74, 6) is 0.592. The van der Waals surface area contributed by atoms with Crippen LogP contribution in [0.2, 0.25) is 5.02 Å². The van der Waals surface area contributed by atoms with Crippen LogP contribution in [-0.4, -0.2) is 30.2 Å². The van der Waals surface area contributed by atoms with Crippen molar-refractivity contribution in [2.75, 3.05) is 13.2 Å². The van der Waals surface area contributed by atoms with Gasteiger partial charge >= 0.3 is 0 Å². The van der Waals surface area contributed by atoms with Crippen molar-refractivity contribution in [1.29, 1.82) is 0 Å². The van der Waals surface area contributed by atoms with Gasteiger partial charge in [0, 0.05) is 36.2 Å². The number of halogens is 1. The fourth-order valence-corrected chi connectivity index (χ4v) is 2.80. The first kappa shape index (κ1) is 15.2. The molecule has 6 heteroatoms. The van der Waals surface area contributed by atoms with E-state index in [2.05, 4.69) is 10.3 Å². The number of hydrogen-bond donors (Lipinski definition) is 2. The molecule has 0 saturated carbocycles. The molecule has 2 aromatic rings. The molecule has 3 rings (SSSR count). The van der Waals surface area contributed by atoms with Gasteiger partial charge in [-0.1, -0.05) is 11.6 Å². The van der Waals surface area contributed by atoms with E-state index < -0.39 is 0 Å². The van der Waals surface area contributed by atoms with Crippen LogP contribution in [0.4, 0.5) is 0 Å². The highest BCUT2D eigenvalue weighted by atomic mass is 35.5. The van der Waals surface area contributed by atoms with Crippen LogP contribution in [0, 0.1) is 0 Å². The van der Waals surface area contributed by atoms with Gasteiger partial charge in [0.2, 0.25) is 5.91 Å². The SMILES string of the molecule is CC(=O)NCc1cc2cc(Cl)c(OC[C@H]3CCCO3)cc2[nH]1. The first-order valence-electron chi connectivity index (χ1n) is 7.42. The molecule has 0 radical (unpaired) electrons. The second-order valence-electron chi connectivity index (χ2n) is 5.52. The van der Waals surface area contributed by atoms with Gasteiger partial charge < -0.3 is 19.8 Å². The number of benzene rings is 1. The fourth-order valence-electron chi connectivity index (χ4n) is 2.58. The van der Waals surface area contributed by atoms with Crippen molar-refractivity contribution in [3.63, 3.8) is 0 Å². The summed E-state index contributed by atoms with van der Waals surface area (Å²) in [4.78, 5) is 14.2. The van der Waals surface area contributed by atoms with E-state index in [-0.39, 0.29) is 12.0 Å². The highest BCUT2D eigenvalue weighted by Crippen LogP contribution is 2.31. The second kappa shape index (κ2) is 6.58. The largest absolute Gasteiger partial charge is 0.489 e. The number of hydrogen-bond acceptors (Lipinski definition) is 3. The van der Waals surface area contributed by atoms with Gasteiger partial charge in [-0.25, -0.2) is 0 Å². The minimum atomic E-state index is -0.0581. The number of rotatable bonds is 5. The minimum Gasteiger partial charge on any atom is -0.489 e. The summed E-state index contributed by atoms with van der Waals surface area (Å²) in [5.41, 5.74) is 1.87. The Kier molecular flexibility index (Phi) is 4.55. The number of aromatic nitrogens is 1. The Morgan fingerprint density at radius 2 is 2.36 bits per heavy atom. The van der Waals surface area contributed by atoms with Crippen molar-refractivity contribution < 1.29 is 14.3 Å². The Morgan fingerprint density at radius 3 is 3.09 bits per heavy atom. The van der Waals surface area contributed by atoms with Crippen molar-refractivity contribution in [3.05, 3.63) is 28.9 Å². The van der Waals surface area contributed by atoms with Crippen LogP contribution >= 0.6 is 11.6 Å². The Balaban J connectivity index is 1.73. The Morgan fingerprint density at radius 1 is 1.50 bits per heavy atom. The summed E-state index contributed by atoms with van der Waals surface area (Å²) in [6.45, 7) is 3.29. The lowest BCUT2D eigenvalue weighted by molar-refractivity contribution is -0.119. The quantitative estimate of drug-likeness (QED) is 0.889. The van der Waals surface area contributed by atoms with E-state index in [1.165, 1.54) is 6.92 Å². The Bertz CT molecular complexity index is 677. The summed E-state index contributed by atoms with van der Waals surface area (Å²) in [6, 6.07) is 5.74. The lowest BCUT2D eigenvalue weighted by Gasteiger charge is -2.12. The van der Waals surface area contributed by atoms with Crippen LogP contribution in [0.5, 0.6) is 5.75 Å². The van der Waals surface area contributed by atoms with Crippen molar-refractivity contribution in [3.8, 4) is 5.75 Å². The normalized spacial score (nSPS) is 17.8. The van der Waals surface area contributed by atoms with Crippen molar-refractivity contribution >= 4 is 28.4 Å². The minimum absolute atomic E-state index is 0.0581. The highest BCUT2D eigenvalue weighted by Gasteiger charge is 2.17. The average Bonchev–Trinajstić information content (AvgIpc) is 3.11. The lowest BCUT2D eigenvalue weighted by Crippen LogP contribution is -2.18. The van der Waals surface area contributed by atoms with E-state index in [1.807, 2.05) is 18.2 Å². The second-order valence-corrected chi connectivity index (χ2v) is 5.93. The maximum Gasteiger partial charge on any atom is 0.217 e. The molecule has 1 aliphatic heterocycles. The topological polar surface area (TPSA) is 63.4 Å². The van der Waals surface area contributed by atoms with Gasteiger partial charge in [0.05, 0.1) is 17.7 Å². The van der Waals surface area contributed by atoms with Crippen LogP contribution in [0.25, 0.3) is 10.9 Å². The summed E-state index contributed by atoms with van der Waals surface area (Å²) in [5, 5.41) is 4.34. The molecule has 1 amide bonds. The van der Waals surface area contributed by atoms with Gasteiger partial charge in [-0.05, 0) is 25.0 Å². The maximum absolute atomic E-state index is 11.0. The summed E-state index contributed by atoms with van der Waals surface area (Å²) >= 11 is 6.28. The molecule has 1 aromatic carbocycles. The fraction of sp³-hybridized carbons (Fsp3) is 0.438. The molecule has 118 valence electrons. The van der Waals surface area contributed by atoms with Crippen molar-refractivity contribution in [2.24, 2.45) is 0 Å². The van der Waals surface area contributed by atoms with Gasteiger partial charge in [0.1, 0.15) is 12.4 Å². The Hall–Kier alpha value is -1.72. The molecule has 0 bridgehead atoms. The Labute approximate surface area is 133 Å². The third-order valence-corrected chi connectivity index (χ3v) is 4.00. The molecule has 2 N–H and O–H groups in total. The number of nitrogens with one attached hydrogen (secondary N) is 2. The van der Waals surface area contributed by atoms with Crippen LogP contribution in [0.3, 0.4) is 0 Å². The predicted molar refractivity (Wildman–Crippen MR) is 85.3 cm³/mol. The third kappa shape index (κ3) is 3.54. The zero-order chi connectivity index (χ0) is 15.5. The predicted octanol–water partition coefficient (Wildman–Crippen LogP) is 3.02. The zero-order valence-electron chi connectivity index (χ0n) is 12.4. The van der Waals surface area contributed by atoms with Crippen molar-refractivity contribution in [1.82, 2.24) is 10.3 Å². The molecule has 1 aromatic heterocycles. The summed E-state index contributed by atoms with van der Waals surface area (Å²) in [7, 11) is 0. The van der Waals surface area contributed by atoms with Gasteiger partial charge in [0.25, 0.3) is 0 Å². The summed E-state index contributed by atoms with van der Waals surface area (Å²) < 4.78 is 11.3. The molecular weight excluding hydrogens is 304 g/mol. The number of aromatic amines is 1. The number of carbonyl (C=O) groups excluding carboxylic acids is 1. The highest BCUT2D eigenvalue weighted by molar-refractivity contribution is 6.32. The van der Waals surface area contributed by atoms with Gasteiger partial charge in [0.15, 0.2) is 0 Å². The molecule has 1 saturated heterocycles. The molecule has 0 aliphatic carbocycles. The molecule has 2 heterocycles. The standard InChI is InChI=1S/C16H19ClN2O3/c1-10(20)18-8-12-5-11-6-14(17)16(7-15(11)19-12)22-9-13-3-2-4-21-13/h5-7,13,19H,2-4,8-9H2,1H3,(H,18,20)/t13-/m1/s1. The zero-order valence-corrected chi connectivity index (χ0v) is 13.2. The van der Waals surface area contributed by atoms with Crippen LogP contribution < -0.4 is 10.1 Å². The molecule has 1 aliphatic rings. The number of carbonyl (C=O) groups is 1. The van der Waals surface area contributed by atoms with E-state index in [0.717, 1.165) is 36.0 Å². The molecule has 0 unspecified atom stereocenters. The number of amides is 1.